The van der Waals surface area contributed by atoms with Crippen molar-refractivity contribution in [2.75, 3.05) is 28.6 Å². The Morgan fingerprint density at radius 2 is 2.03 bits per heavy atom. The number of piperidine rings is 1. The molecule has 0 saturated carbocycles. The number of hydrogen-bond acceptors (Lipinski definition) is 5. The van der Waals surface area contributed by atoms with Gasteiger partial charge in [0, 0.05) is 30.2 Å². The van der Waals surface area contributed by atoms with Gasteiger partial charge in [-0.05, 0) is 43.0 Å². The van der Waals surface area contributed by atoms with Crippen LogP contribution in [0.25, 0.3) is 0 Å². The molecule has 2 aliphatic heterocycles. The number of aromatic amines is 1. The monoisotopic (exact) mass is 415 g/mol. The van der Waals surface area contributed by atoms with E-state index in [0.29, 0.717) is 22.6 Å². The highest BCUT2D eigenvalue weighted by atomic mass is 35.5. The van der Waals surface area contributed by atoms with Crippen LogP contribution in [-0.2, 0) is 9.59 Å². The van der Waals surface area contributed by atoms with E-state index in [4.69, 9.17) is 11.6 Å². The van der Waals surface area contributed by atoms with E-state index >= 15 is 0 Å². The van der Waals surface area contributed by atoms with Crippen molar-refractivity contribution >= 4 is 40.9 Å². The fourth-order valence-corrected chi connectivity index (χ4v) is 4.00. The first kappa shape index (κ1) is 19.4. The van der Waals surface area contributed by atoms with E-state index in [-0.39, 0.29) is 23.7 Å². The Morgan fingerprint density at radius 1 is 1.28 bits per heavy atom. The molecule has 3 N–H and O–H groups in total. The van der Waals surface area contributed by atoms with Gasteiger partial charge in [-0.2, -0.15) is 4.98 Å². The van der Waals surface area contributed by atoms with Crippen LogP contribution in [0.15, 0.2) is 29.1 Å². The van der Waals surface area contributed by atoms with E-state index in [2.05, 4.69) is 27.5 Å². The van der Waals surface area contributed by atoms with Crippen molar-refractivity contribution in [2.24, 2.45) is 5.92 Å². The molecular formula is C20H22ClN5O3. The van der Waals surface area contributed by atoms with Crippen LogP contribution in [-0.4, -0.2) is 34.9 Å². The number of nitrogens with one attached hydrogen (secondary N) is 3. The molecular weight excluding hydrogens is 394 g/mol. The first-order chi connectivity index (χ1) is 13.9. The van der Waals surface area contributed by atoms with Crippen molar-refractivity contribution in [1.82, 2.24) is 9.97 Å². The number of nitrogens with zero attached hydrogens (tertiary/aromatic N) is 2. The summed E-state index contributed by atoms with van der Waals surface area (Å²) in [5.74, 6) is -0.605. The van der Waals surface area contributed by atoms with Crippen LogP contribution in [0.5, 0.6) is 0 Å². The molecule has 2 aliphatic rings. The van der Waals surface area contributed by atoms with Gasteiger partial charge in [-0.1, -0.05) is 18.5 Å². The molecule has 152 valence electrons. The lowest BCUT2D eigenvalue weighted by molar-refractivity contribution is -0.123. The zero-order valence-corrected chi connectivity index (χ0v) is 16.8. The number of aromatic nitrogens is 2. The Hall–Kier alpha value is -2.87. The third kappa shape index (κ3) is 4.12. The fraction of sp³-hybridized carbons (Fsp3) is 0.400. The number of H-pyrrole nitrogens is 1. The van der Waals surface area contributed by atoms with Gasteiger partial charge >= 0.3 is 0 Å². The summed E-state index contributed by atoms with van der Waals surface area (Å²) >= 11 is 5.87. The first-order valence-corrected chi connectivity index (χ1v) is 10.0. The molecule has 9 heteroatoms. The third-order valence-electron chi connectivity index (χ3n) is 5.32. The molecule has 1 fully saturated rings. The van der Waals surface area contributed by atoms with Gasteiger partial charge in [0.25, 0.3) is 5.56 Å². The SMILES string of the molecule is CC1CCCN(c2nc3c(c(=O)[nH]2)C(C(=O)Nc2ccc(Cl)cc2)CC(=O)N3)C1. The van der Waals surface area contributed by atoms with Gasteiger partial charge in [0.05, 0.1) is 11.5 Å². The second-order valence-corrected chi connectivity index (χ2v) is 8.08. The van der Waals surface area contributed by atoms with Crippen LogP contribution in [0.1, 0.15) is 37.7 Å². The lowest BCUT2D eigenvalue weighted by atomic mass is 9.92. The smallest absolute Gasteiger partial charge is 0.258 e. The van der Waals surface area contributed by atoms with Gasteiger partial charge in [0.1, 0.15) is 5.82 Å². The van der Waals surface area contributed by atoms with Crippen molar-refractivity contribution in [3.05, 3.63) is 45.2 Å². The van der Waals surface area contributed by atoms with Crippen LogP contribution in [0.3, 0.4) is 0 Å². The number of benzene rings is 1. The average molecular weight is 416 g/mol. The molecule has 1 aromatic carbocycles. The van der Waals surface area contributed by atoms with Gasteiger partial charge in [0.2, 0.25) is 17.8 Å². The normalized spacial score (nSPS) is 21.3. The molecule has 2 amide bonds. The molecule has 2 unspecified atom stereocenters. The quantitative estimate of drug-likeness (QED) is 0.714. The molecule has 2 aromatic rings. The predicted octanol–water partition coefficient (Wildman–Crippen LogP) is 2.72. The maximum absolute atomic E-state index is 12.9. The predicted molar refractivity (Wildman–Crippen MR) is 112 cm³/mol. The van der Waals surface area contributed by atoms with Crippen LogP contribution < -0.4 is 21.1 Å². The van der Waals surface area contributed by atoms with E-state index in [1.165, 1.54) is 0 Å². The van der Waals surface area contributed by atoms with Crippen LogP contribution >= 0.6 is 11.6 Å². The number of anilines is 3. The Balaban J connectivity index is 1.63. The second-order valence-electron chi connectivity index (χ2n) is 7.65. The summed E-state index contributed by atoms with van der Waals surface area (Å²) in [7, 11) is 0. The van der Waals surface area contributed by atoms with Crippen molar-refractivity contribution in [3.63, 3.8) is 0 Å². The minimum Gasteiger partial charge on any atom is -0.342 e. The van der Waals surface area contributed by atoms with Crippen molar-refractivity contribution in [3.8, 4) is 0 Å². The van der Waals surface area contributed by atoms with Gasteiger partial charge in [-0.25, -0.2) is 0 Å². The van der Waals surface area contributed by atoms with Crippen LogP contribution in [0, 0.1) is 5.92 Å². The van der Waals surface area contributed by atoms with E-state index in [1.54, 1.807) is 24.3 Å². The molecule has 0 bridgehead atoms. The standard InChI is InChI=1S/C20H22ClN5O3/c1-11-3-2-8-26(10-11)20-24-17-16(19(29)25-20)14(9-15(27)23-17)18(28)22-13-6-4-12(21)5-7-13/h4-7,11,14H,2-3,8-10H2,1H3,(H,22,28)(H2,23,24,25,27,29). The molecule has 1 aromatic heterocycles. The number of amides is 2. The zero-order valence-electron chi connectivity index (χ0n) is 16.0. The molecule has 1 saturated heterocycles. The Kier molecular flexibility index (Phi) is 5.27. The van der Waals surface area contributed by atoms with Crippen LogP contribution in [0.2, 0.25) is 5.02 Å². The van der Waals surface area contributed by atoms with Crippen LogP contribution in [0.4, 0.5) is 17.5 Å². The Labute approximate surface area is 172 Å². The molecule has 0 radical (unpaired) electrons. The van der Waals surface area contributed by atoms with Gasteiger partial charge < -0.3 is 15.5 Å². The summed E-state index contributed by atoms with van der Waals surface area (Å²) in [6.07, 6.45) is 2.03. The number of carbonyl (C=O) groups is 2. The molecule has 2 atom stereocenters. The largest absolute Gasteiger partial charge is 0.342 e. The molecule has 0 aliphatic carbocycles. The minimum absolute atomic E-state index is 0.114. The molecule has 8 nitrogen and oxygen atoms in total. The highest BCUT2D eigenvalue weighted by Gasteiger charge is 2.35. The van der Waals surface area contributed by atoms with E-state index < -0.39 is 17.4 Å². The number of carbonyl (C=O) groups excluding carboxylic acids is 2. The summed E-state index contributed by atoms with van der Waals surface area (Å²) in [5, 5.41) is 5.94. The van der Waals surface area contributed by atoms with Crippen molar-refractivity contribution in [2.45, 2.75) is 32.1 Å². The molecule has 29 heavy (non-hydrogen) atoms. The lowest BCUT2D eigenvalue weighted by Crippen LogP contribution is -2.40. The summed E-state index contributed by atoms with van der Waals surface area (Å²) in [5.41, 5.74) is 0.319. The zero-order chi connectivity index (χ0) is 20.5. The number of fused-ring (bicyclic) bond motifs is 1. The fourth-order valence-electron chi connectivity index (χ4n) is 3.88. The number of rotatable bonds is 3. The Bertz CT molecular complexity index is 1000. The second kappa shape index (κ2) is 7.87. The number of halogens is 1. The average Bonchev–Trinajstić information content (AvgIpc) is 2.68. The highest BCUT2D eigenvalue weighted by Crippen LogP contribution is 2.31. The van der Waals surface area contributed by atoms with Gasteiger partial charge in [-0.3, -0.25) is 19.4 Å². The maximum Gasteiger partial charge on any atom is 0.258 e. The summed E-state index contributed by atoms with van der Waals surface area (Å²) in [6, 6.07) is 6.62. The first-order valence-electron chi connectivity index (χ1n) is 9.66. The summed E-state index contributed by atoms with van der Waals surface area (Å²) in [4.78, 5) is 47.2. The van der Waals surface area contributed by atoms with E-state index in [9.17, 15) is 14.4 Å². The van der Waals surface area contributed by atoms with Gasteiger partial charge in [0.15, 0.2) is 0 Å². The Morgan fingerprint density at radius 3 is 2.76 bits per heavy atom. The van der Waals surface area contributed by atoms with E-state index in [0.717, 1.165) is 25.9 Å². The molecule has 4 rings (SSSR count). The minimum atomic E-state index is -0.917. The van der Waals surface area contributed by atoms with Crippen molar-refractivity contribution in [1.29, 1.82) is 0 Å². The lowest BCUT2D eigenvalue weighted by Gasteiger charge is -2.32. The highest BCUT2D eigenvalue weighted by molar-refractivity contribution is 6.30. The third-order valence-corrected chi connectivity index (χ3v) is 5.58. The molecule has 0 spiro atoms. The van der Waals surface area contributed by atoms with Gasteiger partial charge in [-0.15, -0.1) is 0 Å². The van der Waals surface area contributed by atoms with Crippen molar-refractivity contribution < 1.29 is 9.59 Å². The topological polar surface area (TPSA) is 107 Å². The number of hydrogen-bond donors (Lipinski definition) is 3. The summed E-state index contributed by atoms with van der Waals surface area (Å²) < 4.78 is 0. The van der Waals surface area contributed by atoms with E-state index in [1.807, 2.05) is 4.90 Å². The molecule has 3 heterocycles. The maximum atomic E-state index is 12.9. The summed E-state index contributed by atoms with van der Waals surface area (Å²) in [6.45, 7) is 3.73.